The van der Waals surface area contributed by atoms with Crippen molar-refractivity contribution in [3.8, 4) is 11.3 Å². The predicted octanol–water partition coefficient (Wildman–Crippen LogP) is 1.70. The van der Waals surface area contributed by atoms with Gasteiger partial charge in [0.1, 0.15) is 5.82 Å². The number of nitrogens with zero attached hydrogens (tertiary/aromatic N) is 2. The van der Waals surface area contributed by atoms with Gasteiger partial charge in [0, 0.05) is 17.7 Å². The number of aromatic nitrogens is 2. The minimum Gasteiger partial charge on any atom is -0.481 e. The third kappa shape index (κ3) is 2.90. The number of halogens is 1. The summed E-state index contributed by atoms with van der Waals surface area (Å²) in [7, 11) is 0. The molecule has 0 saturated carbocycles. The van der Waals surface area contributed by atoms with Crippen molar-refractivity contribution in [2.24, 2.45) is 0 Å². The van der Waals surface area contributed by atoms with Gasteiger partial charge in [-0.05, 0) is 37.3 Å². The SMILES string of the molecule is CCn1nc(-c2ccc(F)cc2)cc(CC(=O)O)c1=O. The molecule has 2 rings (SSSR count). The minimum atomic E-state index is -1.08. The van der Waals surface area contributed by atoms with E-state index in [0.29, 0.717) is 17.8 Å². The van der Waals surface area contributed by atoms with E-state index in [1.807, 2.05) is 0 Å². The number of aryl methyl sites for hydroxylation is 1. The molecule has 0 aliphatic carbocycles. The van der Waals surface area contributed by atoms with E-state index in [4.69, 9.17) is 5.11 Å². The highest BCUT2D eigenvalue weighted by Crippen LogP contribution is 2.17. The first-order chi connectivity index (χ1) is 9.51. The lowest BCUT2D eigenvalue weighted by Gasteiger charge is -2.08. The van der Waals surface area contributed by atoms with E-state index >= 15 is 0 Å². The summed E-state index contributed by atoms with van der Waals surface area (Å²) in [4.78, 5) is 22.7. The molecule has 5 nitrogen and oxygen atoms in total. The van der Waals surface area contributed by atoms with Crippen LogP contribution in [0.2, 0.25) is 0 Å². The monoisotopic (exact) mass is 276 g/mol. The van der Waals surface area contributed by atoms with Crippen molar-refractivity contribution in [3.63, 3.8) is 0 Å². The Kier molecular flexibility index (Phi) is 3.93. The second-order valence-electron chi connectivity index (χ2n) is 4.25. The molecule has 0 radical (unpaired) electrons. The summed E-state index contributed by atoms with van der Waals surface area (Å²) in [5.41, 5.74) is 0.817. The molecular formula is C14H13FN2O3. The van der Waals surface area contributed by atoms with Gasteiger partial charge in [0.05, 0.1) is 12.1 Å². The van der Waals surface area contributed by atoms with E-state index in [1.54, 1.807) is 6.92 Å². The molecule has 1 aromatic carbocycles. The maximum absolute atomic E-state index is 12.9. The Bertz CT molecular complexity index is 693. The van der Waals surface area contributed by atoms with Gasteiger partial charge in [0.15, 0.2) is 0 Å². The van der Waals surface area contributed by atoms with Crippen LogP contribution in [-0.2, 0) is 17.8 Å². The fourth-order valence-electron chi connectivity index (χ4n) is 1.86. The molecule has 0 aliphatic rings. The van der Waals surface area contributed by atoms with Gasteiger partial charge in [-0.1, -0.05) is 0 Å². The average Bonchev–Trinajstić information content (AvgIpc) is 2.41. The first-order valence-corrected chi connectivity index (χ1v) is 6.10. The number of carbonyl (C=O) groups is 1. The van der Waals surface area contributed by atoms with Crippen LogP contribution in [0.5, 0.6) is 0 Å². The zero-order valence-corrected chi connectivity index (χ0v) is 10.8. The van der Waals surface area contributed by atoms with E-state index in [1.165, 1.54) is 35.0 Å². The minimum absolute atomic E-state index is 0.161. The van der Waals surface area contributed by atoms with Crippen molar-refractivity contribution < 1.29 is 14.3 Å². The zero-order chi connectivity index (χ0) is 14.7. The maximum Gasteiger partial charge on any atom is 0.308 e. The molecule has 1 N–H and O–H groups in total. The highest BCUT2D eigenvalue weighted by molar-refractivity contribution is 5.71. The van der Waals surface area contributed by atoms with Gasteiger partial charge in [-0.2, -0.15) is 5.10 Å². The summed E-state index contributed by atoms with van der Waals surface area (Å²) in [5, 5.41) is 13.0. The normalized spacial score (nSPS) is 10.5. The molecule has 1 heterocycles. The van der Waals surface area contributed by atoms with Crippen molar-refractivity contribution in [1.82, 2.24) is 9.78 Å². The van der Waals surface area contributed by atoms with Gasteiger partial charge >= 0.3 is 5.97 Å². The third-order valence-electron chi connectivity index (χ3n) is 2.83. The lowest BCUT2D eigenvalue weighted by molar-refractivity contribution is -0.136. The number of rotatable bonds is 4. The quantitative estimate of drug-likeness (QED) is 0.922. The number of carboxylic acids is 1. The van der Waals surface area contributed by atoms with Crippen LogP contribution in [-0.4, -0.2) is 20.9 Å². The first-order valence-electron chi connectivity index (χ1n) is 6.10. The Morgan fingerprint density at radius 3 is 2.55 bits per heavy atom. The van der Waals surface area contributed by atoms with Crippen LogP contribution in [0.15, 0.2) is 35.1 Å². The number of hydrogen-bond donors (Lipinski definition) is 1. The van der Waals surface area contributed by atoms with E-state index in [-0.39, 0.29) is 17.8 Å². The standard InChI is InChI=1S/C14H13FN2O3/c1-2-17-14(20)10(8-13(18)19)7-12(16-17)9-3-5-11(15)6-4-9/h3-7H,2,8H2,1H3,(H,18,19). The second-order valence-corrected chi connectivity index (χ2v) is 4.25. The summed E-state index contributed by atoms with van der Waals surface area (Å²) in [6.45, 7) is 2.08. The van der Waals surface area contributed by atoms with Crippen molar-refractivity contribution in [1.29, 1.82) is 0 Å². The largest absolute Gasteiger partial charge is 0.481 e. The molecule has 0 atom stereocenters. The van der Waals surface area contributed by atoms with Crippen molar-refractivity contribution in [3.05, 3.63) is 52.1 Å². The molecule has 1 aromatic heterocycles. The third-order valence-corrected chi connectivity index (χ3v) is 2.83. The second kappa shape index (κ2) is 5.64. The van der Waals surface area contributed by atoms with Crippen LogP contribution in [0.4, 0.5) is 4.39 Å². The number of aliphatic carboxylic acids is 1. The van der Waals surface area contributed by atoms with Crippen molar-refractivity contribution >= 4 is 5.97 Å². The summed E-state index contributed by atoms with van der Waals surface area (Å²) < 4.78 is 14.1. The van der Waals surface area contributed by atoms with E-state index in [2.05, 4.69) is 5.10 Å². The van der Waals surface area contributed by atoms with Crippen LogP contribution in [0.3, 0.4) is 0 Å². The molecule has 6 heteroatoms. The lowest BCUT2D eigenvalue weighted by atomic mass is 10.1. The average molecular weight is 276 g/mol. The smallest absolute Gasteiger partial charge is 0.308 e. The van der Waals surface area contributed by atoms with E-state index < -0.39 is 11.5 Å². The molecule has 0 bridgehead atoms. The van der Waals surface area contributed by atoms with Crippen LogP contribution in [0, 0.1) is 5.82 Å². The van der Waals surface area contributed by atoms with Gasteiger partial charge < -0.3 is 5.11 Å². The number of hydrogen-bond acceptors (Lipinski definition) is 3. The highest BCUT2D eigenvalue weighted by Gasteiger charge is 2.12. The summed E-state index contributed by atoms with van der Waals surface area (Å²) in [6.07, 6.45) is -0.366. The number of carboxylic acid groups (broad SMARTS) is 1. The molecule has 2 aromatic rings. The summed E-state index contributed by atoms with van der Waals surface area (Å²) in [6, 6.07) is 7.08. The Hall–Kier alpha value is -2.50. The van der Waals surface area contributed by atoms with Gasteiger partial charge in [-0.15, -0.1) is 0 Å². The van der Waals surface area contributed by atoms with Gasteiger partial charge in [-0.25, -0.2) is 9.07 Å². The van der Waals surface area contributed by atoms with Crippen LogP contribution in [0.25, 0.3) is 11.3 Å². The molecular weight excluding hydrogens is 263 g/mol. The topological polar surface area (TPSA) is 72.2 Å². The Morgan fingerprint density at radius 1 is 1.35 bits per heavy atom. The zero-order valence-electron chi connectivity index (χ0n) is 10.8. The summed E-state index contributed by atoms with van der Waals surface area (Å²) in [5.74, 6) is -1.45. The molecule has 0 amide bonds. The molecule has 0 spiro atoms. The van der Waals surface area contributed by atoms with E-state index in [0.717, 1.165) is 0 Å². The van der Waals surface area contributed by atoms with Crippen LogP contribution in [0.1, 0.15) is 12.5 Å². The maximum atomic E-state index is 12.9. The van der Waals surface area contributed by atoms with Crippen LogP contribution >= 0.6 is 0 Å². The molecule has 0 fully saturated rings. The lowest BCUT2D eigenvalue weighted by Crippen LogP contribution is -2.27. The predicted molar refractivity (Wildman–Crippen MR) is 70.9 cm³/mol. The molecule has 20 heavy (non-hydrogen) atoms. The number of benzene rings is 1. The molecule has 104 valence electrons. The van der Waals surface area contributed by atoms with Gasteiger partial charge in [0.2, 0.25) is 0 Å². The van der Waals surface area contributed by atoms with Gasteiger partial charge in [-0.3, -0.25) is 9.59 Å². The van der Waals surface area contributed by atoms with Crippen molar-refractivity contribution in [2.45, 2.75) is 19.9 Å². The Balaban J connectivity index is 2.56. The van der Waals surface area contributed by atoms with Crippen molar-refractivity contribution in [2.75, 3.05) is 0 Å². The van der Waals surface area contributed by atoms with E-state index in [9.17, 15) is 14.0 Å². The van der Waals surface area contributed by atoms with Gasteiger partial charge in [0.25, 0.3) is 5.56 Å². The first kappa shape index (κ1) is 13.9. The molecule has 0 saturated heterocycles. The van der Waals surface area contributed by atoms with Crippen LogP contribution < -0.4 is 5.56 Å². The Morgan fingerprint density at radius 2 is 2.00 bits per heavy atom. The highest BCUT2D eigenvalue weighted by atomic mass is 19.1. The Labute approximate surface area is 114 Å². The fourth-order valence-corrected chi connectivity index (χ4v) is 1.86. The molecule has 0 aliphatic heterocycles. The summed E-state index contributed by atoms with van der Waals surface area (Å²) >= 11 is 0. The fraction of sp³-hybridized carbons (Fsp3) is 0.214. The molecule has 0 unspecified atom stereocenters.